The maximum absolute atomic E-state index is 13.0. The minimum absolute atomic E-state index is 0.00486. The number of likely N-dealkylation sites (N-methyl/N-ethyl adjacent to an activating group) is 1. The molecule has 2 N–H and O–H groups in total. The van der Waals surface area contributed by atoms with E-state index in [9.17, 15) is 14.4 Å². The topological polar surface area (TPSA) is 112 Å². The Morgan fingerprint density at radius 3 is 2.50 bits per heavy atom. The smallest absolute Gasteiger partial charge is 0.347 e. The number of rotatable bonds is 10. The number of para-hydroxylation sites is 1. The normalized spacial score (nSPS) is 14.0. The van der Waals surface area contributed by atoms with E-state index in [0.29, 0.717) is 29.3 Å². The van der Waals surface area contributed by atoms with Gasteiger partial charge in [-0.3, -0.25) is 9.59 Å². The number of esters is 1. The van der Waals surface area contributed by atoms with Crippen LogP contribution in [-0.4, -0.2) is 44.5 Å². The molecule has 0 saturated carbocycles. The van der Waals surface area contributed by atoms with Crippen LogP contribution in [0.2, 0.25) is 0 Å². The van der Waals surface area contributed by atoms with Crippen molar-refractivity contribution >= 4 is 29.4 Å². The molecule has 0 saturated heterocycles. The number of amides is 1. The lowest BCUT2D eigenvalue weighted by Crippen LogP contribution is -2.28. The maximum Gasteiger partial charge on any atom is 0.347 e. The molecule has 0 bridgehead atoms. The van der Waals surface area contributed by atoms with Crippen molar-refractivity contribution in [3.63, 3.8) is 0 Å². The fourth-order valence-electron chi connectivity index (χ4n) is 3.09. The van der Waals surface area contributed by atoms with Gasteiger partial charge < -0.3 is 29.6 Å². The fourth-order valence-corrected chi connectivity index (χ4v) is 3.09. The van der Waals surface area contributed by atoms with Crippen LogP contribution in [0.15, 0.2) is 65.7 Å². The average Bonchev–Trinajstić information content (AvgIpc) is 3.13. The first-order valence-corrected chi connectivity index (χ1v) is 10.7. The van der Waals surface area contributed by atoms with Gasteiger partial charge in [-0.05, 0) is 49.8 Å². The number of carbonyl (C=O) groups excluding carboxylic acids is 3. The van der Waals surface area contributed by atoms with Crippen molar-refractivity contribution in [1.82, 2.24) is 5.32 Å². The highest BCUT2D eigenvalue weighted by atomic mass is 16.5. The molecule has 1 amide bonds. The van der Waals surface area contributed by atoms with Crippen molar-refractivity contribution in [3.8, 4) is 11.5 Å². The molecule has 0 fully saturated rings. The van der Waals surface area contributed by atoms with Gasteiger partial charge in [-0.1, -0.05) is 24.3 Å². The van der Waals surface area contributed by atoms with E-state index >= 15 is 0 Å². The third-order valence-corrected chi connectivity index (χ3v) is 4.62. The highest BCUT2D eigenvalue weighted by Crippen LogP contribution is 2.32. The molecule has 1 heterocycles. The van der Waals surface area contributed by atoms with Crippen LogP contribution in [0, 0.1) is 0 Å². The number of carbonyl (C=O) groups is 3. The highest BCUT2D eigenvalue weighted by Gasteiger charge is 2.37. The maximum atomic E-state index is 13.0. The van der Waals surface area contributed by atoms with E-state index in [1.807, 2.05) is 25.1 Å². The molecule has 3 rings (SSSR count). The van der Waals surface area contributed by atoms with Crippen molar-refractivity contribution in [3.05, 3.63) is 71.3 Å². The van der Waals surface area contributed by atoms with Gasteiger partial charge in [-0.25, -0.2) is 4.79 Å². The van der Waals surface area contributed by atoms with Gasteiger partial charge in [0.1, 0.15) is 0 Å². The van der Waals surface area contributed by atoms with Gasteiger partial charge in [0.05, 0.1) is 13.7 Å². The van der Waals surface area contributed by atoms with Crippen LogP contribution in [0.3, 0.4) is 0 Å². The summed E-state index contributed by atoms with van der Waals surface area (Å²) in [7, 11) is 1.46. The lowest BCUT2D eigenvalue weighted by atomic mass is 10.1. The third-order valence-electron chi connectivity index (χ3n) is 4.62. The predicted molar refractivity (Wildman–Crippen MR) is 125 cm³/mol. The monoisotopic (exact) mass is 466 g/mol. The summed E-state index contributed by atoms with van der Waals surface area (Å²) in [5.41, 5.74) is 0.990. The molecule has 9 nitrogen and oxygen atoms in total. The molecule has 0 unspecified atom stereocenters. The molecule has 1 aliphatic heterocycles. The van der Waals surface area contributed by atoms with E-state index < -0.39 is 11.8 Å². The third kappa shape index (κ3) is 5.94. The van der Waals surface area contributed by atoms with Gasteiger partial charge >= 0.3 is 5.97 Å². The number of hydrogen-bond acceptors (Lipinski definition) is 8. The van der Waals surface area contributed by atoms with Crippen molar-refractivity contribution in [2.75, 3.05) is 32.2 Å². The molecular formula is C25H26N2O7. The van der Waals surface area contributed by atoms with Crippen molar-refractivity contribution in [2.45, 2.75) is 13.8 Å². The first-order chi connectivity index (χ1) is 16.5. The average molecular weight is 466 g/mol. The van der Waals surface area contributed by atoms with Crippen molar-refractivity contribution < 1.29 is 33.3 Å². The Balaban J connectivity index is 1.84. The van der Waals surface area contributed by atoms with Crippen LogP contribution in [0.25, 0.3) is 6.08 Å². The summed E-state index contributed by atoms with van der Waals surface area (Å²) in [6.45, 7) is 3.93. The Kier molecular flexibility index (Phi) is 8.28. The molecule has 34 heavy (non-hydrogen) atoms. The summed E-state index contributed by atoms with van der Waals surface area (Å²) in [6, 6.07) is 13.9. The molecule has 0 atom stereocenters. The van der Waals surface area contributed by atoms with Gasteiger partial charge in [0, 0.05) is 12.2 Å². The molecular weight excluding hydrogens is 440 g/mol. The summed E-state index contributed by atoms with van der Waals surface area (Å²) < 4.78 is 21.6. The number of allylic oxidation sites excluding steroid dienone is 1. The Morgan fingerprint density at radius 1 is 1.06 bits per heavy atom. The number of methoxy groups -OCH3 is 1. The highest BCUT2D eigenvalue weighted by molar-refractivity contribution is 6.26. The summed E-state index contributed by atoms with van der Waals surface area (Å²) in [6.07, 6.45) is 1.48. The zero-order valence-electron chi connectivity index (χ0n) is 19.2. The standard InChI is InChI=1S/C25H26N2O7/c1-4-26-21(28)15-33-18-12-11-16(13-19(18)31-3)14-20-23(29)22(25(30)32-5-2)24(34-20)27-17-9-7-6-8-10-17/h6-14,27H,4-5,15H2,1-3H3,(H,26,28)/b20-14-. The van der Waals surface area contributed by atoms with Crippen LogP contribution >= 0.6 is 0 Å². The summed E-state index contributed by atoms with van der Waals surface area (Å²) >= 11 is 0. The van der Waals surface area contributed by atoms with Gasteiger partial charge in [0.25, 0.3) is 5.91 Å². The Hall–Kier alpha value is -4.27. The summed E-state index contributed by atoms with van der Waals surface area (Å²) in [5, 5.41) is 5.60. The lowest BCUT2D eigenvalue weighted by Gasteiger charge is -2.11. The van der Waals surface area contributed by atoms with E-state index in [1.165, 1.54) is 13.2 Å². The van der Waals surface area contributed by atoms with Gasteiger partial charge in [-0.15, -0.1) is 0 Å². The fraction of sp³-hybridized carbons (Fsp3) is 0.240. The lowest BCUT2D eigenvalue weighted by molar-refractivity contribution is -0.139. The summed E-state index contributed by atoms with van der Waals surface area (Å²) in [5.74, 6) is -0.962. The molecule has 178 valence electrons. The number of ketones is 1. The van der Waals surface area contributed by atoms with Gasteiger partial charge in [0.2, 0.25) is 11.7 Å². The van der Waals surface area contributed by atoms with E-state index in [0.717, 1.165) is 0 Å². The zero-order valence-corrected chi connectivity index (χ0v) is 19.2. The molecule has 0 spiro atoms. The number of benzene rings is 2. The molecule has 1 aliphatic rings. The Labute approximate surface area is 197 Å². The molecule has 0 aliphatic carbocycles. The number of nitrogens with one attached hydrogen (secondary N) is 2. The van der Waals surface area contributed by atoms with Gasteiger partial charge in [-0.2, -0.15) is 0 Å². The quantitative estimate of drug-likeness (QED) is 0.312. The predicted octanol–water partition coefficient (Wildman–Crippen LogP) is 3.04. The van der Waals surface area contributed by atoms with Crippen LogP contribution in [0.1, 0.15) is 19.4 Å². The van der Waals surface area contributed by atoms with Crippen molar-refractivity contribution in [2.24, 2.45) is 0 Å². The van der Waals surface area contributed by atoms with Crippen molar-refractivity contribution in [1.29, 1.82) is 0 Å². The van der Waals surface area contributed by atoms with E-state index in [1.54, 1.807) is 37.3 Å². The van der Waals surface area contributed by atoms with E-state index in [4.69, 9.17) is 18.9 Å². The molecule has 0 radical (unpaired) electrons. The van der Waals surface area contributed by atoms with Crippen LogP contribution in [0.4, 0.5) is 5.69 Å². The molecule has 0 aromatic heterocycles. The Bertz CT molecular complexity index is 1120. The molecule has 2 aromatic carbocycles. The second-order valence-corrected chi connectivity index (χ2v) is 7.01. The minimum Gasteiger partial charge on any atom is -0.493 e. The van der Waals surface area contributed by atoms with Gasteiger partial charge in [0.15, 0.2) is 29.4 Å². The van der Waals surface area contributed by atoms with Crippen LogP contribution < -0.4 is 20.1 Å². The summed E-state index contributed by atoms with van der Waals surface area (Å²) in [4.78, 5) is 37.1. The second-order valence-electron chi connectivity index (χ2n) is 7.01. The van der Waals surface area contributed by atoms with Crippen LogP contribution in [0.5, 0.6) is 11.5 Å². The largest absolute Gasteiger partial charge is 0.493 e. The zero-order chi connectivity index (χ0) is 24.5. The SMILES string of the molecule is CCNC(=O)COc1ccc(/C=C2\OC(Nc3ccccc3)=C(C(=O)OCC)C2=O)cc1OC. The number of hydrogen-bond donors (Lipinski definition) is 2. The van der Waals surface area contributed by atoms with Crippen LogP contribution in [-0.2, 0) is 23.9 Å². The molecule has 2 aromatic rings. The Morgan fingerprint density at radius 2 is 1.82 bits per heavy atom. The molecule has 9 heteroatoms. The second kappa shape index (κ2) is 11.6. The van der Waals surface area contributed by atoms with E-state index in [-0.39, 0.29) is 36.3 Å². The minimum atomic E-state index is -0.777. The number of ether oxygens (including phenoxy) is 4. The first-order valence-electron chi connectivity index (χ1n) is 10.7. The number of anilines is 1. The number of Topliss-reactive ketones (excluding diaryl/α,β-unsaturated/α-hetero) is 1. The first kappa shape index (κ1) is 24.4. The van der Waals surface area contributed by atoms with E-state index in [2.05, 4.69) is 10.6 Å².